The Morgan fingerprint density at radius 1 is 1.50 bits per heavy atom. The minimum atomic E-state index is 1.07. The Morgan fingerprint density at radius 2 is 2.36 bits per heavy atom. The van der Waals surface area contributed by atoms with Crippen molar-refractivity contribution < 1.29 is 0 Å². The molecule has 0 bridgehead atoms. The molecule has 14 heavy (non-hydrogen) atoms. The molecule has 0 fully saturated rings. The molecule has 1 aliphatic rings. The topological polar surface area (TPSA) is 12.0 Å². The molecule has 0 saturated carbocycles. The van der Waals surface area contributed by atoms with Gasteiger partial charge in [-0.3, -0.25) is 0 Å². The van der Waals surface area contributed by atoms with Crippen LogP contribution in [0.3, 0.4) is 0 Å². The smallest absolute Gasteiger partial charge is 0.0145 e. The zero-order valence-corrected chi connectivity index (χ0v) is 9.34. The van der Waals surface area contributed by atoms with Crippen molar-refractivity contribution in [1.29, 1.82) is 0 Å². The van der Waals surface area contributed by atoms with Crippen molar-refractivity contribution in [3.8, 4) is 0 Å². The van der Waals surface area contributed by atoms with Crippen molar-refractivity contribution in [1.82, 2.24) is 5.32 Å². The number of nitrogens with one attached hydrogen (secondary N) is 1. The van der Waals surface area contributed by atoms with E-state index in [0.29, 0.717) is 0 Å². The van der Waals surface area contributed by atoms with E-state index in [1.807, 2.05) is 6.92 Å². The van der Waals surface area contributed by atoms with Crippen LogP contribution < -0.4 is 5.32 Å². The van der Waals surface area contributed by atoms with Crippen LogP contribution >= 0.6 is 0 Å². The van der Waals surface area contributed by atoms with Crippen LogP contribution in [0, 0.1) is 0 Å². The van der Waals surface area contributed by atoms with Crippen LogP contribution in [0.15, 0.2) is 35.7 Å². The van der Waals surface area contributed by atoms with Crippen molar-refractivity contribution in [2.75, 3.05) is 0 Å². The summed E-state index contributed by atoms with van der Waals surface area (Å²) < 4.78 is 0. The number of hydrogen-bond acceptors (Lipinski definition) is 1. The Hall–Kier alpha value is -0.980. The first-order valence-corrected chi connectivity index (χ1v) is 5.64. The standard InChI is InChI=1S/C13H21N/c1-3-5-9-12(4-2)14-13-10-7-6-8-11-13/h3,5,9-10,14H,4,6-8,11H2,1-2H3/b5-3-,12-9+. The molecule has 1 heteroatoms. The Labute approximate surface area is 87.6 Å². The molecule has 0 atom stereocenters. The van der Waals surface area contributed by atoms with Crippen molar-refractivity contribution >= 4 is 0 Å². The second-order valence-electron chi connectivity index (χ2n) is 3.67. The third-order valence-electron chi connectivity index (χ3n) is 2.48. The summed E-state index contributed by atoms with van der Waals surface area (Å²) in [5, 5.41) is 3.51. The van der Waals surface area contributed by atoms with E-state index in [1.165, 1.54) is 37.1 Å². The Kier molecular flexibility index (Phi) is 5.13. The zero-order valence-electron chi connectivity index (χ0n) is 9.34. The molecule has 0 spiro atoms. The van der Waals surface area contributed by atoms with Crippen LogP contribution in [0.4, 0.5) is 0 Å². The highest BCUT2D eigenvalue weighted by Gasteiger charge is 2.03. The quantitative estimate of drug-likeness (QED) is 0.664. The van der Waals surface area contributed by atoms with Gasteiger partial charge in [-0.15, -0.1) is 0 Å². The van der Waals surface area contributed by atoms with Gasteiger partial charge in [0, 0.05) is 11.4 Å². The van der Waals surface area contributed by atoms with Gasteiger partial charge in [0.2, 0.25) is 0 Å². The van der Waals surface area contributed by atoms with Crippen LogP contribution in [0.25, 0.3) is 0 Å². The summed E-state index contributed by atoms with van der Waals surface area (Å²) in [6.07, 6.45) is 14.9. The number of rotatable bonds is 4. The monoisotopic (exact) mass is 191 g/mol. The second-order valence-corrected chi connectivity index (χ2v) is 3.67. The fourth-order valence-corrected chi connectivity index (χ4v) is 1.62. The van der Waals surface area contributed by atoms with Gasteiger partial charge in [-0.25, -0.2) is 0 Å². The van der Waals surface area contributed by atoms with Gasteiger partial charge in [-0.2, -0.15) is 0 Å². The molecule has 0 aliphatic heterocycles. The van der Waals surface area contributed by atoms with Crippen LogP contribution in [0.1, 0.15) is 46.0 Å². The van der Waals surface area contributed by atoms with Crippen LogP contribution in [0.2, 0.25) is 0 Å². The van der Waals surface area contributed by atoms with E-state index < -0.39 is 0 Å². The normalized spacial score (nSPS) is 18.4. The molecule has 0 amide bonds. The van der Waals surface area contributed by atoms with E-state index in [1.54, 1.807) is 0 Å². The Morgan fingerprint density at radius 3 is 2.93 bits per heavy atom. The predicted molar refractivity (Wildman–Crippen MR) is 62.9 cm³/mol. The highest BCUT2D eigenvalue weighted by atomic mass is 14.9. The lowest BCUT2D eigenvalue weighted by atomic mass is 10.0. The first kappa shape index (κ1) is 11.1. The zero-order chi connectivity index (χ0) is 10.2. The summed E-state index contributed by atoms with van der Waals surface area (Å²) in [6.45, 7) is 4.23. The molecule has 0 aromatic heterocycles. The number of allylic oxidation sites excluding steroid dienone is 6. The Balaban J connectivity index is 2.50. The minimum Gasteiger partial charge on any atom is -0.363 e. The maximum atomic E-state index is 3.51. The third-order valence-corrected chi connectivity index (χ3v) is 2.48. The summed E-state index contributed by atoms with van der Waals surface area (Å²) in [6, 6.07) is 0. The molecule has 1 rings (SSSR count). The SMILES string of the molecule is C/C=C\C=C(/CC)NC1=CCCCC1. The lowest BCUT2D eigenvalue weighted by molar-refractivity contribution is 0.662. The van der Waals surface area contributed by atoms with Gasteiger partial charge in [0.25, 0.3) is 0 Å². The van der Waals surface area contributed by atoms with E-state index >= 15 is 0 Å². The fourth-order valence-electron chi connectivity index (χ4n) is 1.62. The average Bonchev–Trinajstić information content (AvgIpc) is 2.25. The molecular formula is C13H21N. The van der Waals surface area contributed by atoms with Crippen molar-refractivity contribution in [3.63, 3.8) is 0 Å². The van der Waals surface area contributed by atoms with Crippen molar-refractivity contribution in [2.24, 2.45) is 0 Å². The summed E-state index contributed by atoms with van der Waals surface area (Å²) in [5.41, 5.74) is 2.73. The molecule has 0 heterocycles. The highest BCUT2D eigenvalue weighted by molar-refractivity contribution is 5.17. The van der Waals surface area contributed by atoms with Gasteiger partial charge in [0.1, 0.15) is 0 Å². The van der Waals surface area contributed by atoms with E-state index in [0.717, 1.165) is 6.42 Å². The molecule has 0 unspecified atom stereocenters. The third kappa shape index (κ3) is 3.82. The van der Waals surface area contributed by atoms with E-state index in [-0.39, 0.29) is 0 Å². The van der Waals surface area contributed by atoms with Crippen LogP contribution in [-0.2, 0) is 0 Å². The number of hydrogen-bond donors (Lipinski definition) is 1. The molecule has 0 aromatic carbocycles. The lowest BCUT2D eigenvalue weighted by Gasteiger charge is -2.16. The van der Waals surface area contributed by atoms with Crippen LogP contribution in [-0.4, -0.2) is 0 Å². The molecule has 1 aliphatic carbocycles. The minimum absolute atomic E-state index is 1.07. The maximum Gasteiger partial charge on any atom is 0.0145 e. The maximum absolute atomic E-state index is 3.51. The fraction of sp³-hybridized carbons (Fsp3) is 0.538. The lowest BCUT2D eigenvalue weighted by Crippen LogP contribution is -2.13. The van der Waals surface area contributed by atoms with E-state index in [2.05, 4.69) is 36.5 Å². The average molecular weight is 191 g/mol. The molecule has 0 aromatic rings. The van der Waals surface area contributed by atoms with Crippen LogP contribution in [0.5, 0.6) is 0 Å². The van der Waals surface area contributed by atoms with Gasteiger partial charge in [-0.1, -0.05) is 25.2 Å². The van der Waals surface area contributed by atoms with Gasteiger partial charge >= 0.3 is 0 Å². The summed E-state index contributed by atoms with van der Waals surface area (Å²) >= 11 is 0. The Bertz CT molecular complexity index is 246. The molecule has 0 saturated heterocycles. The molecule has 1 nitrogen and oxygen atoms in total. The molecule has 0 radical (unpaired) electrons. The first-order chi connectivity index (χ1) is 6.86. The largest absolute Gasteiger partial charge is 0.363 e. The summed E-state index contributed by atoms with van der Waals surface area (Å²) in [7, 11) is 0. The molecule has 1 N–H and O–H groups in total. The van der Waals surface area contributed by atoms with E-state index in [9.17, 15) is 0 Å². The predicted octanol–water partition coefficient (Wildman–Crippen LogP) is 3.90. The van der Waals surface area contributed by atoms with Gasteiger partial charge in [0.15, 0.2) is 0 Å². The van der Waals surface area contributed by atoms with Gasteiger partial charge in [0.05, 0.1) is 0 Å². The van der Waals surface area contributed by atoms with Gasteiger partial charge < -0.3 is 5.32 Å². The highest BCUT2D eigenvalue weighted by Crippen LogP contribution is 2.16. The first-order valence-electron chi connectivity index (χ1n) is 5.64. The van der Waals surface area contributed by atoms with Crippen molar-refractivity contribution in [3.05, 3.63) is 35.7 Å². The molecule has 78 valence electrons. The molecular weight excluding hydrogens is 170 g/mol. The van der Waals surface area contributed by atoms with Crippen molar-refractivity contribution in [2.45, 2.75) is 46.0 Å². The van der Waals surface area contributed by atoms with E-state index in [4.69, 9.17) is 0 Å². The van der Waals surface area contributed by atoms with Gasteiger partial charge in [-0.05, 0) is 45.1 Å². The second kappa shape index (κ2) is 6.47. The summed E-state index contributed by atoms with van der Waals surface area (Å²) in [4.78, 5) is 0. The summed E-state index contributed by atoms with van der Waals surface area (Å²) in [5.74, 6) is 0.